The van der Waals surface area contributed by atoms with Crippen molar-refractivity contribution < 1.29 is 19.1 Å². The molecule has 6 nitrogen and oxygen atoms in total. The predicted molar refractivity (Wildman–Crippen MR) is 101 cm³/mol. The summed E-state index contributed by atoms with van der Waals surface area (Å²) in [6.45, 7) is 0.969. The number of anilines is 1. The van der Waals surface area contributed by atoms with E-state index in [1.165, 1.54) is 0 Å². The summed E-state index contributed by atoms with van der Waals surface area (Å²) in [4.78, 5) is 26.7. The quantitative estimate of drug-likeness (QED) is 0.790. The van der Waals surface area contributed by atoms with Crippen LogP contribution < -0.4 is 19.7 Å². The lowest BCUT2D eigenvalue weighted by atomic mass is 10.1. The van der Waals surface area contributed by atoms with E-state index in [9.17, 15) is 9.59 Å². The minimum Gasteiger partial charge on any atom is -0.454 e. The average Bonchev–Trinajstić information content (AvgIpc) is 3.28. The van der Waals surface area contributed by atoms with Gasteiger partial charge in [-0.1, -0.05) is 29.3 Å². The summed E-state index contributed by atoms with van der Waals surface area (Å²) in [6, 6.07) is 10.5. The summed E-state index contributed by atoms with van der Waals surface area (Å²) < 4.78 is 10.6. The van der Waals surface area contributed by atoms with Crippen molar-refractivity contribution in [1.29, 1.82) is 0 Å². The van der Waals surface area contributed by atoms with E-state index in [-0.39, 0.29) is 18.6 Å². The average molecular weight is 407 g/mol. The van der Waals surface area contributed by atoms with Gasteiger partial charge < -0.3 is 19.7 Å². The summed E-state index contributed by atoms with van der Waals surface area (Å²) in [5, 5.41) is 3.62. The first-order valence-corrected chi connectivity index (χ1v) is 9.21. The fourth-order valence-electron chi connectivity index (χ4n) is 3.20. The number of nitrogens with one attached hydrogen (secondary N) is 1. The van der Waals surface area contributed by atoms with E-state index in [2.05, 4.69) is 5.32 Å². The van der Waals surface area contributed by atoms with Crippen LogP contribution in [0.25, 0.3) is 0 Å². The maximum Gasteiger partial charge on any atom is 0.239 e. The second kappa shape index (κ2) is 7.29. The zero-order valence-corrected chi connectivity index (χ0v) is 15.7. The first-order valence-electron chi connectivity index (χ1n) is 8.45. The molecule has 0 bridgehead atoms. The third kappa shape index (κ3) is 3.55. The van der Waals surface area contributed by atoms with E-state index in [0.717, 1.165) is 5.56 Å². The van der Waals surface area contributed by atoms with Gasteiger partial charge in [-0.15, -0.1) is 0 Å². The molecular weight excluding hydrogens is 391 g/mol. The van der Waals surface area contributed by atoms with Crippen molar-refractivity contribution in [2.75, 3.05) is 18.2 Å². The zero-order chi connectivity index (χ0) is 19.0. The smallest absolute Gasteiger partial charge is 0.239 e. The number of ether oxygens (including phenoxy) is 2. The Kier molecular flexibility index (Phi) is 4.85. The molecular formula is C19H16Cl2N2O4. The second-order valence-electron chi connectivity index (χ2n) is 6.33. The van der Waals surface area contributed by atoms with Crippen LogP contribution in [0.15, 0.2) is 36.4 Å². The van der Waals surface area contributed by atoms with Gasteiger partial charge in [-0.3, -0.25) is 9.59 Å². The van der Waals surface area contributed by atoms with Crippen molar-refractivity contribution in [2.45, 2.75) is 13.0 Å². The molecule has 2 aromatic rings. The second-order valence-corrected chi connectivity index (χ2v) is 7.15. The highest BCUT2D eigenvalue weighted by molar-refractivity contribution is 6.42. The van der Waals surface area contributed by atoms with Crippen molar-refractivity contribution in [1.82, 2.24) is 5.32 Å². The highest BCUT2D eigenvalue weighted by atomic mass is 35.5. The first-order chi connectivity index (χ1) is 13.0. The van der Waals surface area contributed by atoms with Crippen LogP contribution in [0.2, 0.25) is 10.0 Å². The third-order valence-electron chi connectivity index (χ3n) is 4.64. The molecule has 2 aromatic carbocycles. The van der Waals surface area contributed by atoms with Gasteiger partial charge in [0.25, 0.3) is 0 Å². The Morgan fingerprint density at radius 3 is 2.74 bits per heavy atom. The molecule has 1 N–H and O–H groups in total. The number of nitrogens with zero attached hydrogens (tertiary/aromatic N) is 1. The number of amides is 2. The Morgan fingerprint density at radius 1 is 1.11 bits per heavy atom. The van der Waals surface area contributed by atoms with Crippen molar-refractivity contribution >= 4 is 40.7 Å². The molecule has 1 atom stereocenters. The summed E-state index contributed by atoms with van der Waals surface area (Å²) in [7, 11) is 0. The number of fused-ring (bicyclic) bond motifs is 1. The lowest BCUT2D eigenvalue weighted by Crippen LogP contribution is -2.36. The fourth-order valence-corrected chi connectivity index (χ4v) is 3.49. The third-order valence-corrected chi connectivity index (χ3v) is 5.38. The van der Waals surface area contributed by atoms with E-state index in [1.54, 1.807) is 29.2 Å². The van der Waals surface area contributed by atoms with Crippen molar-refractivity contribution in [2.24, 2.45) is 5.92 Å². The highest BCUT2D eigenvalue weighted by Crippen LogP contribution is 2.33. The molecule has 4 rings (SSSR count). The number of hydrogen-bond donors (Lipinski definition) is 1. The van der Waals surface area contributed by atoms with E-state index in [0.29, 0.717) is 46.7 Å². The monoisotopic (exact) mass is 406 g/mol. The normalized spacial score (nSPS) is 18.1. The maximum absolute atomic E-state index is 12.7. The molecule has 0 radical (unpaired) electrons. The lowest BCUT2D eigenvalue weighted by Gasteiger charge is -2.17. The highest BCUT2D eigenvalue weighted by Gasteiger charge is 2.37. The van der Waals surface area contributed by atoms with Gasteiger partial charge in [-0.25, -0.2) is 0 Å². The zero-order valence-electron chi connectivity index (χ0n) is 14.2. The Morgan fingerprint density at radius 2 is 1.93 bits per heavy atom. The molecule has 2 aliphatic rings. The Labute approximate surface area is 165 Å². The molecule has 140 valence electrons. The van der Waals surface area contributed by atoms with Gasteiger partial charge in [0.2, 0.25) is 18.6 Å². The molecule has 1 fully saturated rings. The van der Waals surface area contributed by atoms with Crippen LogP contribution >= 0.6 is 23.2 Å². The molecule has 2 heterocycles. The Hall–Kier alpha value is -2.44. The summed E-state index contributed by atoms with van der Waals surface area (Å²) >= 11 is 11.9. The number of carbonyl (C=O) groups excluding carboxylic acids is 2. The van der Waals surface area contributed by atoms with E-state index in [1.807, 2.05) is 12.1 Å². The van der Waals surface area contributed by atoms with Crippen molar-refractivity contribution in [3.63, 3.8) is 0 Å². The van der Waals surface area contributed by atoms with Gasteiger partial charge >= 0.3 is 0 Å². The van der Waals surface area contributed by atoms with Gasteiger partial charge in [0, 0.05) is 18.8 Å². The van der Waals surface area contributed by atoms with Crippen LogP contribution in [0.5, 0.6) is 11.5 Å². The van der Waals surface area contributed by atoms with Gasteiger partial charge in [-0.05, 0) is 42.3 Å². The Balaban J connectivity index is 1.39. The van der Waals surface area contributed by atoms with Gasteiger partial charge in [0.15, 0.2) is 11.5 Å². The molecule has 2 aliphatic heterocycles. The van der Waals surface area contributed by atoms with Crippen LogP contribution in [-0.4, -0.2) is 25.2 Å². The molecule has 1 saturated heterocycles. The molecule has 0 spiro atoms. The minimum absolute atomic E-state index is 0.201. The largest absolute Gasteiger partial charge is 0.454 e. The molecule has 0 aliphatic carbocycles. The number of benzene rings is 2. The molecule has 0 aromatic heterocycles. The molecule has 0 unspecified atom stereocenters. The summed E-state index contributed by atoms with van der Waals surface area (Å²) in [6.07, 6.45) is 0.450. The number of halogens is 2. The molecule has 2 amide bonds. The van der Waals surface area contributed by atoms with Gasteiger partial charge in [0.1, 0.15) is 5.92 Å². The fraction of sp³-hybridized carbons (Fsp3) is 0.263. The van der Waals surface area contributed by atoms with Crippen LogP contribution in [0, 0.1) is 5.92 Å². The summed E-state index contributed by atoms with van der Waals surface area (Å²) in [5.74, 6) is 0.100. The van der Waals surface area contributed by atoms with Crippen LogP contribution in [0.4, 0.5) is 5.69 Å². The Bertz CT molecular complexity index is 919. The SMILES string of the molecule is O=C(NCc1ccc2c(c1)OCO2)[C@@H]1CCN(c2ccc(Cl)c(Cl)c2)C1=O. The molecule has 27 heavy (non-hydrogen) atoms. The predicted octanol–water partition coefficient (Wildman–Crippen LogP) is 3.39. The summed E-state index contributed by atoms with van der Waals surface area (Å²) in [5.41, 5.74) is 1.51. The van der Waals surface area contributed by atoms with E-state index in [4.69, 9.17) is 32.7 Å². The molecule has 8 heteroatoms. The van der Waals surface area contributed by atoms with Crippen molar-refractivity contribution in [3.05, 3.63) is 52.0 Å². The topological polar surface area (TPSA) is 67.9 Å². The van der Waals surface area contributed by atoms with Gasteiger partial charge in [0.05, 0.1) is 10.0 Å². The standard InChI is InChI=1S/C19H16Cl2N2O4/c20-14-3-2-12(8-15(14)21)23-6-5-13(19(23)25)18(24)22-9-11-1-4-16-17(7-11)27-10-26-16/h1-4,7-8,13H,5-6,9-10H2,(H,22,24)/t13-/m0/s1. The van der Waals surface area contributed by atoms with Crippen molar-refractivity contribution in [3.8, 4) is 11.5 Å². The number of rotatable bonds is 4. The number of hydrogen-bond acceptors (Lipinski definition) is 4. The number of carbonyl (C=O) groups is 2. The maximum atomic E-state index is 12.7. The van der Waals surface area contributed by atoms with Crippen LogP contribution in [0.3, 0.4) is 0 Å². The lowest BCUT2D eigenvalue weighted by molar-refractivity contribution is -0.132. The minimum atomic E-state index is -0.714. The van der Waals surface area contributed by atoms with Gasteiger partial charge in [-0.2, -0.15) is 0 Å². The molecule has 0 saturated carbocycles. The van der Waals surface area contributed by atoms with E-state index < -0.39 is 5.92 Å². The first kappa shape index (κ1) is 17.9. The van der Waals surface area contributed by atoms with Crippen LogP contribution in [0.1, 0.15) is 12.0 Å². The van der Waals surface area contributed by atoms with Crippen LogP contribution in [-0.2, 0) is 16.1 Å². The van der Waals surface area contributed by atoms with E-state index >= 15 is 0 Å².